The van der Waals surface area contributed by atoms with Crippen molar-refractivity contribution in [3.63, 3.8) is 0 Å². The summed E-state index contributed by atoms with van der Waals surface area (Å²) in [4.78, 5) is 28.9. The molecule has 0 saturated carbocycles. The molecule has 10 nitrogen and oxygen atoms in total. The van der Waals surface area contributed by atoms with Crippen LogP contribution in [-0.2, 0) is 4.74 Å². The number of ether oxygens (including phenoxy) is 2. The predicted molar refractivity (Wildman–Crippen MR) is 108 cm³/mol. The van der Waals surface area contributed by atoms with Gasteiger partial charge < -0.3 is 34.9 Å². The van der Waals surface area contributed by atoms with Crippen LogP contribution in [0.25, 0.3) is 20.7 Å². The van der Waals surface area contributed by atoms with Crippen LogP contribution in [0, 0.1) is 6.92 Å². The third-order valence-corrected chi connectivity index (χ3v) is 6.15. The van der Waals surface area contributed by atoms with Crippen LogP contribution in [0.5, 0.6) is 5.75 Å². The summed E-state index contributed by atoms with van der Waals surface area (Å²) in [5, 5.41) is 39.2. The van der Waals surface area contributed by atoms with Crippen LogP contribution in [0.2, 0.25) is 0 Å². The molecule has 4 rings (SSSR count). The van der Waals surface area contributed by atoms with Crippen molar-refractivity contribution in [2.75, 3.05) is 6.61 Å². The number of aliphatic hydroxyl groups is 4. The Hall–Kier alpha value is -2.54. The smallest absolute Gasteiger partial charge is 0.326 e. The van der Waals surface area contributed by atoms with E-state index in [1.165, 1.54) is 11.3 Å². The first-order chi connectivity index (χ1) is 14.3. The topological polar surface area (TPSA) is 165 Å². The Morgan fingerprint density at radius 3 is 2.57 bits per heavy atom. The molecule has 0 spiro atoms. The van der Waals surface area contributed by atoms with Crippen molar-refractivity contribution in [1.82, 2.24) is 9.97 Å². The lowest BCUT2D eigenvalue weighted by atomic mass is 9.99. The molecule has 11 heteroatoms. The van der Waals surface area contributed by atoms with Gasteiger partial charge in [0.05, 0.1) is 12.1 Å². The highest BCUT2D eigenvalue weighted by atomic mass is 32.1. The number of fused-ring (bicyclic) bond motifs is 1. The van der Waals surface area contributed by atoms with E-state index in [1.54, 1.807) is 31.2 Å². The van der Waals surface area contributed by atoms with Gasteiger partial charge in [-0.05, 0) is 42.3 Å². The van der Waals surface area contributed by atoms with Crippen LogP contribution in [0.15, 0.2) is 33.9 Å². The van der Waals surface area contributed by atoms with E-state index in [1.807, 2.05) is 0 Å². The van der Waals surface area contributed by atoms with Gasteiger partial charge in [0.15, 0.2) is 0 Å². The lowest BCUT2D eigenvalue weighted by Gasteiger charge is -2.39. The van der Waals surface area contributed by atoms with Crippen LogP contribution < -0.4 is 16.0 Å². The SMILES string of the molecule is Cc1cc(-c2cc3[nH]c(=O)[nH]c(=O)c3s2)ccc1O[C@H]1O[C@H](CO)[C@@H](O)[C@H](O)[C@@H]1O. The van der Waals surface area contributed by atoms with E-state index in [-0.39, 0.29) is 0 Å². The average Bonchev–Trinajstić information content (AvgIpc) is 3.14. The maximum atomic E-state index is 11.9. The fourth-order valence-electron chi connectivity index (χ4n) is 3.33. The molecular formula is C19H20N2O8S. The van der Waals surface area contributed by atoms with Gasteiger partial charge >= 0.3 is 5.69 Å². The second-order valence-corrected chi connectivity index (χ2v) is 8.11. The standard InChI is InChI=1S/C19H20N2O8S/c1-7-4-8(12-5-9-16(30-12)17(26)21-19(27)20-9)2-3-10(7)28-18-15(25)14(24)13(23)11(6-22)29-18/h2-5,11,13-15,18,22-25H,6H2,1H3,(H2,20,21,26,27)/t11-,13-,14+,15+,18+/m1/s1. The number of aromatic nitrogens is 2. The second-order valence-electron chi connectivity index (χ2n) is 7.06. The number of benzene rings is 1. The normalized spacial score (nSPS) is 26.8. The molecule has 5 atom stereocenters. The lowest BCUT2D eigenvalue weighted by molar-refractivity contribution is -0.277. The first-order valence-electron chi connectivity index (χ1n) is 9.13. The van der Waals surface area contributed by atoms with Gasteiger partial charge in [-0.15, -0.1) is 11.3 Å². The quantitative estimate of drug-likeness (QED) is 0.316. The summed E-state index contributed by atoms with van der Waals surface area (Å²) in [6.07, 6.45) is -6.84. The molecule has 1 saturated heterocycles. The van der Waals surface area contributed by atoms with Crippen molar-refractivity contribution in [3.8, 4) is 16.2 Å². The number of aliphatic hydroxyl groups excluding tert-OH is 4. The van der Waals surface area contributed by atoms with Crippen molar-refractivity contribution in [2.45, 2.75) is 37.6 Å². The molecular weight excluding hydrogens is 416 g/mol. The highest BCUT2D eigenvalue weighted by Gasteiger charge is 2.44. The van der Waals surface area contributed by atoms with Crippen LogP contribution >= 0.6 is 11.3 Å². The summed E-state index contributed by atoms with van der Waals surface area (Å²) in [6, 6.07) is 6.90. The summed E-state index contributed by atoms with van der Waals surface area (Å²) in [6.45, 7) is 1.22. The van der Waals surface area contributed by atoms with Crippen LogP contribution in [0.3, 0.4) is 0 Å². The van der Waals surface area contributed by atoms with Crippen molar-refractivity contribution < 1.29 is 29.9 Å². The number of aryl methyl sites for hydroxylation is 1. The first-order valence-corrected chi connectivity index (χ1v) is 9.94. The third kappa shape index (κ3) is 3.67. The zero-order valence-electron chi connectivity index (χ0n) is 15.7. The van der Waals surface area contributed by atoms with E-state index in [2.05, 4.69) is 9.97 Å². The number of rotatable bonds is 4. The summed E-state index contributed by atoms with van der Waals surface area (Å²) >= 11 is 1.23. The molecule has 30 heavy (non-hydrogen) atoms. The van der Waals surface area contributed by atoms with E-state index in [0.717, 1.165) is 10.4 Å². The number of H-pyrrole nitrogens is 2. The summed E-state index contributed by atoms with van der Waals surface area (Å²) in [7, 11) is 0. The van der Waals surface area contributed by atoms with Gasteiger partial charge in [0.25, 0.3) is 5.56 Å². The van der Waals surface area contributed by atoms with E-state index < -0.39 is 48.6 Å². The highest BCUT2D eigenvalue weighted by molar-refractivity contribution is 7.22. The maximum Gasteiger partial charge on any atom is 0.326 e. The first kappa shape index (κ1) is 20.7. The number of aromatic amines is 2. The number of thiophene rings is 1. The Morgan fingerprint density at radius 2 is 1.87 bits per heavy atom. The molecule has 0 unspecified atom stereocenters. The molecule has 0 bridgehead atoms. The lowest BCUT2D eigenvalue weighted by Crippen LogP contribution is -2.60. The van der Waals surface area contributed by atoms with Crippen molar-refractivity contribution in [3.05, 3.63) is 50.7 Å². The summed E-state index contributed by atoms with van der Waals surface area (Å²) in [5.74, 6) is 0.371. The predicted octanol–water partition coefficient (Wildman–Crippen LogP) is -0.568. The third-order valence-electron chi connectivity index (χ3n) is 4.96. The Kier molecular flexibility index (Phi) is 5.49. The molecule has 6 N–H and O–H groups in total. The Morgan fingerprint density at radius 1 is 1.10 bits per heavy atom. The van der Waals surface area contributed by atoms with E-state index in [4.69, 9.17) is 9.47 Å². The average molecular weight is 436 g/mol. The van der Waals surface area contributed by atoms with E-state index in [9.17, 15) is 30.0 Å². The summed E-state index contributed by atoms with van der Waals surface area (Å²) in [5.41, 5.74) is 0.892. The molecule has 2 aromatic heterocycles. The maximum absolute atomic E-state index is 11.9. The van der Waals surface area contributed by atoms with Gasteiger partial charge in [0.1, 0.15) is 34.9 Å². The van der Waals surface area contributed by atoms with Crippen LogP contribution in [0.1, 0.15) is 5.56 Å². The van der Waals surface area contributed by atoms with E-state index >= 15 is 0 Å². The fraction of sp³-hybridized carbons (Fsp3) is 0.368. The van der Waals surface area contributed by atoms with Gasteiger partial charge in [-0.3, -0.25) is 9.78 Å². The van der Waals surface area contributed by atoms with Crippen molar-refractivity contribution >= 4 is 21.6 Å². The Balaban J connectivity index is 1.60. The second kappa shape index (κ2) is 7.95. The zero-order valence-corrected chi connectivity index (χ0v) is 16.5. The Bertz CT molecular complexity index is 1180. The minimum atomic E-state index is -1.53. The molecule has 0 aliphatic carbocycles. The monoisotopic (exact) mass is 436 g/mol. The molecule has 1 fully saturated rings. The molecule has 3 heterocycles. The van der Waals surface area contributed by atoms with Crippen molar-refractivity contribution in [2.24, 2.45) is 0 Å². The van der Waals surface area contributed by atoms with Gasteiger partial charge in [0, 0.05) is 4.88 Å². The zero-order chi connectivity index (χ0) is 21.6. The molecule has 1 aliphatic rings. The highest BCUT2D eigenvalue weighted by Crippen LogP contribution is 2.34. The Labute approximate surface area is 173 Å². The number of nitrogens with one attached hydrogen (secondary N) is 2. The summed E-state index contributed by atoms with van der Waals surface area (Å²) < 4.78 is 11.5. The van der Waals surface area contributed by atoms with Gasteiger partial charge in [-0.2, -0.15) is 0 Å². The van der Waals surface area contributed by atoms with Crippen LogP contribution in [0.4, 0.5) is 0 Å². The largest absolute Gasteiger partial charge is 0.462 e. The van der Waals surface area contributed by atoms with Crippen molar-refractivity contribution in [1.29, 1.82) is 0 Å². The molecule has 1 aliphatic heterocycles. The minimum Gasteiger partial charge on any atom is -0.462 e. The molecule has 160 valence electrons. The molecule has 3 aromatic rings. The fourth-order valence-corrected chi connectivity index (χ4v) is 4.34. The van der Waals surface area contributed by atoms with Gasteiger partial charge in [-0.1, -0.05) is 0 Å². The van der Waals surface area contributed by atoms with Crippen LogP contribution in [-0.4, -0.2) is 67.7 Å². The molecule has 0 amide bonds. The number of hydrogen-bond acceptors (Lipinski definition) is 9. The van der Waals surface area contributed by atoms with E-state index in [0.29, 0.717) is 21.5 Å². The van der Waals surface area contributed by atoms with Gasteiger partial charge in [0.2, 0.25) is 6.29 Å². The van der Waals surface area contributed by atoms with Gasteiger partial charge in [-0.25, -0.2) is 4.79 Å². The molecule has 0 radical (unpaired) electrons. The number of hydrogen-bond donors (Lipinski definition) is 6. The minimum absolute atomic E-state index is 0.371. The molecule has 1 aromatic carbocycles.